The van der Waals surface area contributed by atoms with E-state index >= 15 is 0 Å². The molecule has 0 spiro atoms. The highest BCUT2D eigenvalue weighted by Crippen LogP contribution is 2.10. The summed E-state index contributed by atoms with van der Waals surface area (Å²) in [6, 6.07) is 19.8. The predicted octanol–water partition coefficient (Wildman–Crippen LogP) is 3.46. The fourth-order valence-electron chi connectivity index (χ4n) is 1.95. The predicted molar refractivity (Wildman–Crippen MR) is 92.2 cm³/mol. The van der Waals surface area contributed by atoms with E-state index in [4.69, 9.17) is 4.74 Å². The smallest absolute Gasteiger partial charge is 0.232 e. The second-order valence-corrected chi connectivity index (χ2v) is 6.05. The fraction of sp³-hybridized carbons (Fsp3) is 0.278. The molecule has 0 atom stereocenters. The van der Waals surface area contributed by atoms with Gasteiger partial charge in [0.2, 0.25) is 5.91 Å². The number of nitrogens with zero attached hydrogens (tertiary/aromatic N) is 1. The number of amides is 1. The first-order chi connectivity index (χ1) is 10.8. The monoisotopic (exact) mass is 315 g/mol. The highest BCUT2D eigenvalue weighted by molar-refractivity contribution is 7.99. The Balaban J connectivity index is 1.61. The molecule has 4 heteroatoms. The molecule has 0 heterocycles. The van der Waals surface area contributed by atoms with E-state index in [1.54, 1.807) is 16.7 Å². The summed E-state index contributed by atoms with van der Waals surface area (Å²) in [5.41, 5.74) is 1.15. The van der Waals surface area contributed by atoms with Crippen LogP contribution in [0.4, 0.5) is 0 Å². The van der Waals surface area contributed by atoms with E-state index in [-0.39, 0.29) is 5.91 Å². The van der Waals surface area contributed by atoms with Crippen LogP contribution >= 0.6 is 11.8 Å². The molecule has 0 aliphatic heterocycles. The van der Waals surface area contributed by atoms with E-state index in [2.05, 4.69) is 0 Å². The molecule has 2 rings (SSSR count). The quantitative estimate of drug-likeness (QED) is 0.699. The molecule has 0 radical (unpaired) electrons. The van der Waals surface area contributed by atoms with Gasteiger partial charge >= 0.3 is 0 Å². The highest BCUT2D eigenvalue weighted by Gasteiger charge is 2.08. The number of carbonyl (C=O) groups excluding carboxylic acids is 1. The van der Waals surface area contributed by atoms with E-state index in [1.165, 1.54) is 0 Å². The van der Waals surface area contributed by atoms with Crippen LogP contribution in [0.15, 0.2) is 60.7 Å². The van der Waals surface area contributed by atoms with Crippen LogP contribution in [0.3, 0.4) is 0 Å². The van der Waals surface area contributed by atoms with Gasteiger partial charge in [-0.3, -0.25) is 4.79 Å². The minimum atomic E-state index is 0.147. The molecule has 0 saturated carbocycles. The summed E-state index contributed by atoms with van der Waals surface area (Å²) in [5, 5.41) is 0. The maximum absolute atomic E-state index is 12.0. The number of rotatable bonds is 8. The Labute approximate surface area is 136 Å². The van der Waals surface area contributed by atoms with Crippen LogP contribution in [0.2, 0.25) is 0 Å². The molecular weight excluding hydrogens is 294 g/mol. The fourth-order valence-corrected chi connectivity index (χ4v) is 2.69. The molecule has 116 valence electrons. The maximum atomic E-state index is 12.0. The largest absolute Gasteiger partial charge is 0.493 e. The Hall–Kier alpha value is -1.94. The zero-order valence-corrected chi connectivity index (χ0v) is 13.6. The summed E-state index contributed by atoms with van der Waals surface area (Å²) in [6.45, 7) is 1.27. The first kappa shape index (κ1) is 16.4. The topological polar surface area (TPSA) is 29.5 Å². The molecular formula is C18H21NO2S. The second kappa shape index (κ2) is 9.15. The highest BCUT2D eigenvalue weighted by atomic mass is 32.2. The number of hydrogen-bond acceptors (Lipinski definition) is 3. The van der Waals surface area contributed by atoms with Gasteiger partial charge in [-0.05, 0) is 17.7 Å². The first-order valence-electron chi connectivity index (χ1n) is 7.29. The van der Waals surface area contributed by atoms with Crippen molar-refractivity contribution in [3.63, 3.8) is 0 Å². The van der Waals surface area contributed by atoms with Gasteiger partial charge in [0.1, 0.15) is 5.75 Å². The Morgan fingerprint density at radius 2 is 1.68 bits per heavy atom. The lowest BCUT2D eigenvalue weighted by Gasteiger charge is -2.17. The number of hydrogen-bond donors (Lipinski definition) is 0. The molecule has 3 nitrogen and oxygen atoms in total. The molecule has 0 aliphatic rings. The zero-order valence-electron chi connectivity index (χ0n) is 12.8. The average Bonchev–Trinajstić information content (AvgIpc) is 2.56. The summed E-state index contributed by atoms with van der Waals surface area (Å²) in [6.07, 6.45) is 0. The van der Waals surface area contributed by atoms with E-state index < -0.39 is 0 Å². The van der Waals surface area contributed by atoms with Crippen molar-refractivity contribution in [2.24, 2.45) is 0 Å². The standard InChI is InChI=1S/C18H21NO2S/c1-19(14-16-8-4-2-5-9-16)18(20)15-22-13-12-21-17-10-6-3-7-11-17/h2-11H,12-15H2,1H3. The van der Waals surface area contributed by atoms with Crippen molar-refractivity contribution in [1.29, 1.82) is 0 Å². The SMILES string of the molecule is CN(Cc1ccccc1)C(=O)CSCCOc1ccccc1. The van der Waals surface area contributed by atoms with Gasteiger partial charge in [0.05, 0.1) is 12.4 Å². The third-order valence-electron chi connectivity index (χ3n) is 3.15. The lowest BCUT2D eigenvalue weighted by Crippen LogP contribution is -2.28. The number of para-hydroxylation sites is 1. The number of ether oxygens (including phenoxy) is 1. The van der Waals surface area contributed by atoms with Crippen molar-refractivity contribution in [3.8, 4) is 5.75 Å². The average molecular weight is 315 g/mol. The van der Waals surface area contributed by atoms with Gasteiger partial charge < -0.3 is 9.64 Å². The van der Waals surface area contributed by atoms with Crippen LogP contribution in [0.25, 0.3) is 0 Å². The normalized spacial score (nSPS) is 10.2. The molecule has 0 bridgehead atoms. The summed E-state index contributed by atoms with van der Waals surface area (Å²) in [4.78, 5) is 13.8. The van der Waals surface area contributed by atoms with E-state index in [1.807, 2.05) is 67.7 Å². The molecule has 0 saturated heterocycles. The summed E-state index contributed by atoms with van der Waals surface area (Å²) in [7, 11) is 1.84. The summed E-state index contributed by atoms with van der Waals surface area (Å²) in [5.74, 6) is 2.31. The molecule has 0 N–H and O–H groups in total. The van der Waals surface area contributed by atoms with Gasteiger partial charge in [-0.2, -0.15) is 0 Å². The van der Waals surface area contributed by atoms with Crippen LogP contribution in [0.5, 0.6) is 5.75 Å². The minimum absolute atomic E-state index is 0.147. The van der Waals surface area contributed by atoms with Crippen LogP contribution in [-0.2, 0) is 11.3 Å². The number of benzene rings is 2. The van der Waals surface area contributed by atoms with Crippen molar-refractivity contribution < 1.29 is 9.53 Å². The van der Waals surface area contributed by atoms with Gasteiger partial charge in [-0.25, -0.2) is 0 Å². The molecule has 2 aromatic rings. The Morgan fingerprint density at radius 3 is 2.36 bits per heavy atom. The minimum Gasteiger partial charge on any atom is -0.493 e. The van der Waals surface area contributed by atoms with Crippen molar-refractivity contribution >= 4 is 17.7 Å². The van der Waals surface area contributed by atoms with Crippen molar-refractivity contribution in [3.05, 3.63) is 66.2 Å². The maximum Gasteiger partial charge on any atom is 0.232 e. The third-order valence-corrected chi connectivity index (χ3v) is 4.06. The van der Waals surface area contributed by atoms with E-state index in [0.717, 1.165) is 17.1 Å². The van der Waals surface area contributed by atoms with Crippen LogP contribution in [0, 0.1) is 0 Å². The van der Waals surface area contributed by atoms with Crippen LogP contribution < -0.4 is 4.74 Å². The van der Waals surface area contributed by atoms with Crippen molar-refractivity contribution in [2.45, 2.75) is 6.54 Å². The Morgan fingerprint density at radius 1 is 1.05 bits per heavy atom. The number of thioether (sulfide) groups is 1. The van der Waals surface area contributed by atoms with Gasteiger partial charge in [-0.15, -0.1) is 11.8 Å². The van der Waals surface area contributed by atoms with Gasteiger partial charge in [0, 0.05) is 19.3 Å². The van der Waals surface area contributed by atoms with Gasteiger partial charge in [-0.1, -0.05) is 48.5 Å². The molecule has 0 fully saturated rings. The number of carbonyl (C=O) groups is 1. The molecule has 0 unspecified atom stereocenters. The summed E-state index contributed by atoms with van der Waals surface area (Å²) >= 11 is 1.60. The van der Waals surface area contributed by atoms with Crippen molar-refractivity contribution in [1.82, 2.24) is 4.90 Å². The lowest BCUT2D eigenvalue weighted by molar-refractivity contribution is -0.127. The van der Waals surface area contributed by atoms with E-state index in [9.17, 15) is 4.79 Å². The van der Waals surface area contributed by atoms with Crippen molar-refractivity contribution in [2.75, 3.05) is 25.2 Å². The molecule has 0 aliphatic carbocycles. The molecule has 0 aromatic heterocycles. The first-order valence-corrected chi connectivity index (χ1v) is 8.44. The lowest BCUT2D eigenvalue weighted by atomic mass is 10.2. The molecule has 2 aromatic carbocycles. The molecule has 1 amide bonds. The Kier molecular flexibility index (Phi) is 6.84. The van der Waals surface area contributed by atoms with E-state index in [0.29, 0.717) is 18.9 Å². The Bertz CT molecular complexity index is 560. The van der Waals surface area contributed by atoms with Crippen LogP contribution in [0.1, 0.15) is 5.56 Å². The molecule has 22 heavy (non-hydrogen) atoms. The van der Waals surface area contributed by atoms with Gasteiger partial charge in [0.25, 0.3) is 0 Å². The van der Waals surface area contributed by atoms with Gasteiger partial charge in [0.15, 0.2) is 0 Å². The van der Waals surface area contributed by atoms with Crippen LogP contribution in [-0.4, -0.2) is 36.0 Å². The summed E-state index contributed by atoms with van der Waals surface area (Å²) < 4.78 is 5.60. The zero-order chi connectivity index (χ0) is 15.6. The second-order valence-electron chi connectivity index (χ2n) is 4.95. The third kappa shape index (κ3) is 5.82.